The van der Waals surface area contributed by atoms with Crippen LogP contribution in [0.4, 0.5) is 4.39 Å². The smallest absolute Gasteiger partial charge is 0.216 e. The first-order chi connectivity index (χ1) is 10.2. The van der Waals surface area contributed by atoms with Crippen molar-refractivity contribution in [3.05, 3.63) is 70.7 Å². The highest BCUT2D eigenvalue weighted by Crippen LogP contribution is 2.16. The molecule has 0 aliphatic carbocycles. The summed E-state index contributed by atoms with van der Waals surface area (Å²) in [4.78, 5) is 0. The molecule has 1 N–H and O–H groups in total. The van der Waals surface area contributed by atoms with Crippen molar-refractivity contribution in [1.29, 1.82) is 0 Å². The van der Waals surface area contributed by atoms with Crippen molar-refractivity contribution in [3.8, 4) is 11.4 Å². The summed E-state index contributed by atoms with van der Waals surface area (Å²) in [7, 11) is 0. The lowest BCUT2D eigenvalue weighted by Crippen LogP contribution is -1.95. The van der Waals surface area contributed by atoms with Gasteiger partial charge in [-0.25, -0.2) is 9.49 Å². The number of hydrogen-bond acceptors (Lipinski definition) is 3. The number of aromatic amines is 1. The molecule has 0 saturated heterocycles. The van der Waals surface area contributed by atoms with Gasteiger partial charge in [-0.1, -0.05) is 42.5 Å². The Balaban J connectivity index is 1.98. The van der Waals surface area contributed by atoms with E-state index in [1.807, 2.05) is 30.3 Å². The first-order valence-electron chi connectivity index (χ1n) is 6.27. The second-order valence-corrected chi connectivity index (χ2v) is 4.71. The predicted octanol–water partition coefficient (Wildman–Crippen LogP) is 3.63. The average Bonchev–Trinajstić information content (AvgIpc) is 2.89. The lowest BCUT2D eigenvalue weighted by atomic mass is 10.2. The fourth-order valence-corrected chi connectivity index (χ4v) is 2.03. The van der Waals surface area contributed by atoms with Gasteiger partial charge in [0.1, 0.15) is 5.82 Å². The van der Waals surface area contributed by atoms with E-state index in [0.29, 0.717) is 10.6 Å². The molecular formula is C15H11FN4S. The van der Waals surface area contributed by atoms with Crippen molar-refractivity contribution in [2.75, 3.05) is 0 Å². The van der Waals surface area contributed by atoms with Crippen molar-refractivity contribution in [1.82, 2.24) is 14.9 Å². The van der Waals surface area contributed by atoms with Crippen LogP contribution in [0.5, 0.6) is 0 Å². The zero-order valence-corrected chi connectivity index (χ0v) is 11.7. The van der Waals surface area contributed by atoms with Crippen LogP contribution in [-0.4, -0.2) is 21.1 Å². The van der Waals surface area contributed by atoms with Gasteiger partial charge in [0.05, 0.1) is 6.21 Å². The van der Waals surface area contributed by atoms with E-state index in [4.69, 9.17) is 12.2 Å². The van der Waals surface area contributed by atoms with E-state index >= 15 is 0 Å². The maximum Gasteiger partial charge on any atom is 0.216 e. The fourth-order valence-electron chi connectivity index (χ4n) is 1.85. The third-order valence-corrected chi connectivity index (χ3v) is 3.14. The molecule has 6 heteroatoms. The summed E-state index contributed by atoms with van der Waals surface area (Å²) in [6.45, 7) is 0. The van der Waals surface area contributed by atoms with Crippen LogP contribution in [0.15, 0.2) is 59.7 Å². The van der Waals surface area contributed by atoms with Gasteiger partial charge in [-0.3, -0.25) is 0 Å². The highest BCUT2D eigenvalue weighted by Gasteiger charge is 2.06. The Bertz CT molecular complexity index is 819. The van der Waals surface area contributed by atoms with Crippen LogP contribution in [0.3, 0.4) is 0 Å². The first kappa shape index (κ1) is 13.4. The summed E-state index contributed by atoms with van der Waals surface area (Å²) in [6, 6.07) is 15.7. The van der Waals surface area contributed by atoms with E-state index in [0.717, 1.165) is 11.1 Å². The highest BCUT2D eigenvalue weighted by molar-refractivity contribution is 7.71. The van der Waals surface area contributed by atoms with E-state index in [9.17, 15) is 4.39 Å². The quantitative estimate of drug-likeness (QED) is 0.593. The fraction of sp³-hybridized carbons (Fsp3) is 0. The lowest BCUT2D eigenvalue weighted by Gasteiger charge is -2.00. The largest absolute Gasteiger partial charge is 0.250 e. The molecule has 104 valence electrons. The molecule has 0 radical (unpaired) electrons. The maximum absolute atomic E-state index is 12.9. The van der Waals surface area contributed by atoms with Crippen LogP contribution in [0.25, 0.3) is 11.4 Å². The van der Waals surface area contributed by atoms with Crippen LogP contribution in [0.1, 0.15) is 5.56 Å². The van der Waals surface area contributed by atoms with Gasteiger partial charge in [0, 0.05) is 5.56 Å². The van der Waals surface area contributed by atoms with E-state index in [-0.39, 0.29) is 5.82 Å². The summed E-state index contributed by atoms with van der Waals surface area (Å²) in [5.41, 5.74) is 1.68. The Hall–Kier alpha value is -2.60. The molecule has 2 aromatic carbocycles. The zero-order chi connectivity index (χ0) is 14.7. The molecule has 1 heterocycles. The number of aromatic nitrogens is 3. The van der Waals surface area contributed by atoms with Crippen molar-refractivity contribution < 1.29 is 4.39 Å². The van der Waals surface area contributed by atoms with Gasteiger partial charge in [0.2, 0.25) is 4.77 Å². The minimum Gasteiger partial charge on any atom is -0.250 e. The minimum atomic E-state index is -0.281. The third kappa shape index (κ3) is 2.95. The van der Waals surface area contributed by atoms with Crippen LogP contribution in [0.2, 0.25) is 0 Å². The van der Waals surface area contributed by atoms with Crippen LogP contribution >= 0.6 is 12.2 Å². The van der Waals surface area contributed by atoms with Crippen LogP contribution in [0, 0.1) is 10.6 Å². The number of H-pyrrole nitrogens is 1. The van der Waals surface area contributed by atoms with Gasteiger partial charge in [0.25, 0.3) is 0 Å². The van der Waals surface area contributed by atoms with Gasteiger partial charge < -0.3 is 0 Å². The lowest BCUT2D eigenvalue weighted by molar-refractivity contribution is 0.628. The topological polar surface area (TPSA) is 46.0 Å². The SMILES string of the molecule is Fc1ccc(/C=N\n2c(-c3ccccc3)n[nH]c2=S)cc1. The van der Waals surface area contributed by atoms with Gasteiger partial charge in [-0.05, 0) is 29.9 Å². The molecule has 0 fully saturated rings. The summed E-state index contributed by atoms with van der Waals surface area (Å²) in [6.07, 6.45) is 1.61. The Labute approximate surface area is 125 Å². The van der Waals surface area contributed by atoms with Crippen molar-refractivity contribution in [2.24, 2.45) is 5.10 Å². The Morgan fingerprint density at radius 3 is 2.52 bits per heavy atom. The van der Waals surface area contributed by atoms with E-state index < -0.39 is 0 Å². The number of nitrogens with zero attached hydrogens (tertiary/aromatic N) is 3. The van der Waals surface area contributed by atoms with Gasteiger partial charge in [-0.2, -0.15) is 14.9 Å². The molecule has 1 aromatic heterocycles. The average molecular weight is 298 g/mol. The highest BCUT2D eigenvalue weighted by atomic mass is 32.1. The molecule has 0 spiro atoms. The molecule has 3 rings (SSSR count). The Morgan fingerprint density at radius 2 is 1.81 bits per heavy atom. The second-order valence-electron chi connectivity index (χ2n) is 4.33. The van der Waals surface area contributed by atoms with Gasteiger partial charge >= 0.3 is 0 Å². The predicted molar refractivity (Wildman–Crippen MR) is 82.2 cm³/mol. The Morgan fingerprint density at radius 1 is 1.10 bits per heavy atom. The summed E-state index contributed by atoms with van der Waals surface area (Å²) >= 11 is 5.18. The van der Waals surface area contributed by atoms with Gasteiger partial charge in [0.15, 0.2) is 5.82 Å². The van der Waals surface area contributed by atoms with E-state index in [2.05, 4.69) is 15.3 Å². The molecule has 0 amide bonds. The van der Waals surface area contributed by atoms with Gasteiger partial charge in [-0.15, -0.1) is 0 Å². The number of benzene rings is 2. The molecule has 0 atom stereocenters. The first-order valence-corrected chi connectivity index (χ1v) is 6.67. The zero-order valence-electron chi connectivity index (χ0n) is 10.9. The Kier molecular flexibility index (Phi) is 3.70. The third-order valence-electron chi connectivity index (χ3n) is 2.87. The standard InChI is InChI=1S/C15H11FN4S/c16-13-8-6-11(7-9-13)10-17-20-14(18-19-15(20)21)12-4-2-1-3-5-12/h1-10H,(H,19,21)/b17-10-. The number of halogens is 1. The van der Waals surface area contributed by atoms with Crippen molar-refractivity contribution in [3.63, 3.8) is 0 Å². The van der Waals surface area contributed by atoms with E-state index in [1.165, 1.54) is 16.8 Å². The van der Waals surface area contributed by atoms with Crippen LogP contribution < -0.4 is 0 Å². The normalized spacial score (nSPS) is 11.1. The molecule has 0 bridgehead atoms. The number of nitrogens with one attached hydrogen (secondary N) is 1. The van der Waals surface area contributed by atoms with Crippen molar-refractivity contribution >= 4 is 18.4 Å². The molecule has 0 aliphatic heterocycles. The number of hydrogen-bond donors (Lipinski definition) is 1. The summed E-state index contributed by atoms with van der Waals surface area (Å²) in [5, 5.41) is 11.2. The molecule has 4 nitrogen and oxygen atoms in total. The maximum atomic E-state index is 12.9. The molecule has 0 saturated carbocycles. The number of rotatable bonds is 3. The van der Waals surface area contributed by atoms with E-state index in [1.54, 1.807) is 18.3 Å². The minimum absolute atomic E-state index is 0.281. The molecular weight excluding hydrogens is 287 g/mol. The molecule has 3 aromatic rings. The van der Waals surface area contributed by atoms with Crippen molar-refractivity contribution in [2.45, 2.75) is 0 Å². The molecule has 21 heavy (non-hydrogen) atoms. The monoisotopic (exact) mass is 298 g/mol. The molecule has 0 aliphatic rings. The molecule has 0 unspecified atom stereocenters. The summed E-state index contributed by atoms with van der Waals surface area (Å²) in [5.74, 6) is 0.344. The second kappa shape index (κ2) is 5.80. The summed E-state index contributed by atoms with van der Waals surface area (Å²) < 4.78 is 14.8. The van der Waals surface area contributed by atoms with Crippen LogP contribution in [-0.2, 0) is 0 Å².